The Morgan fingerprint density at radius 1 is 1.00 bits per heavy atom. The molecule has 2 N–H and O–H groups in total. The summed E-state index contributed by atoms with van der Waals surface area (Å²) in [7, 11) is 0. The van der Waals surface area contributed by atoms with Crippen LogP contribution in [-0.2, 0) is 0 Å². The van der Waals surface area contributed by atoms with Gasteiger partial charge in [0, 0.05) is 6.04 Å². The summed E-state index contributed by atoms with van der Waals surface area (Å²) in [6.07, 6.45) is 3.92. The maximum absolute atomic E-state index is 5.99. The van der Waals surface area contributed by atoms with E-state index in [4.69, 9.17) is 5.73 Å². The molecule has 3 rings (SSSR count). The fraction of sp³-hybridized carbons (Fsp3) is 1.00. The molecular weight excluding hydrogens is 160 g/mol. The highest BCUT2D eigenvalue weighted by Gasteiger charge is 2.28. The monoisotopic (exact) mass is 176 g/mol. The Morgan fingerprint density at radius 2 is 1.55 bits per heavy atom. The zero-order chi connectivity index (χ0) is 6.97. The van der Waals surface area contributed by atoms with Gasteiger partial charge in [-0.1, -0.05) is 0 Å². The van der Waals surface area contributed by atoms with Crippen molar-refractivity contribution in [1.29, 1.82) is 0 Å². The van der Waals surface area contributed by atoms with Crippen molar-refractivity contribution in [3.05, 3.63) is 0 Å². The van der Waals surface area contributed by atoms with Gasteiger partial charge in [-0.15, -0.1) is 12.4 Å². The summed E-state index contributed by atoms with van der Waals surface area (Å²) in [5, 5.41) is 0. The lowest BCUT2D eigenvalue weighted by Crippen LogP contribution is -2.33. The topological polar surface area (TPSA) is 29.3 Å². The molecule has 0 aromatic rings. The standard InChI is InChI=1S/C8H16N2.ClH/c9-8-3-6-10-4-1-7(8)2-5-10;/h7-8H,1-6,9H2;1H. The van der Waals surface area contributed by atoms with E-state index < -0.39 is 0 Å². The first-order valence-corrected chi connectivity index (χ1v) is 4.34. The van der Waals surface area contributed by atoms with Crippen molar-refractivity contribution in [2.75, 3.05) is 19.6 Å². The van der Waals surface area contributed by atoms with Crippen LogP contribution in [0.4, 0.5) is 0 Å². The van der Waals surface area contributed by atoms with E-state index in [0.29, 0.717) is 6.04 Å². The molecule has 0 saturated carbocycles. The molecule has 3 saturated heterocycles. The minimum atomic E-state index is 0. The van der Waals surface area contributed by atoms with Crippen molar-refractivity contribution in [2.45, 2.75) is 25.3 Å². The van der Waals surface area contributed by atoms with Gasteiger partial charge >= 0.3 is 0 Å². The number of rotatable bonds is 0. The van der Waals surface area contributed by atoms with Gasteiger partial charge in [-0.25, -0.2) is 0 Å². The summed E-state index contributed by atoms with van der Waals surface area (Å²) in [5.74, 6) is 0.846. The van der Waals surface area contributed by atoms with Crippen LogP contribution in [0.15, 0.2) is 0 Å². The van der Waals surface area contributed by atoms with Crippen molar-refractivity contribution in [2.24, 2.45) is 11.7 Å². The zero-order valence-electron chi connectivity index (χ0n) is 6.83. The maximum atomic E-state index is 5.99. The van der Waals surface area contributed by atoms with E-state index >= 15 is 0 Å². The maximum Gasteiger partial charge on any atom is 0.00802 e. The van der Waals surface area contributed by atoms with Crippen LogP contribution in [0.3, 0.4) is 0 Å². The van der Waals surface area contributed by atoms with E-state index in [1.54, 1.807) is 0 Å². The third-order valence-electron chi connectivity index (χ3n) is 3.02. The quantitative estimate of drug-likeness (QED) is 0.593. The van der Waals surface area contributed by atoms with E-state index in [9.17, 15) is 0 Å². The lowest BCUT2D eigenvalue weighted by atomic mass is 9.91. The Kier molecular flexibility index (Phi) is 3.16. The first-order valence-electron chi connectivity index (χ1n) is 4.34. The molecule has 2 nitrogen and oxygen atoms in total. The molecule has 3 fully saturated rings. The molecule has 0 amide bonds. The molecule has 0 spiro atoms. The predicted molar refractivity (Wildman–Crippen MR) is 49.0 cm³/mol. The molecular formula is C8H17ClN2. The molecule has 0 aliphatic carbocycles. The van der Waals surface area contributed by atoms with Gasteiger partial charge in [0.2, 0.25) is 0 Å². The minimum Gasteiger partial charge on any atom is -0.327 e. The van der Waals surface area contributed by atoms with E-state index in [1.807, 2.05) is 0 Å². The summed E-state index contributed by atoms with van der Waals surface area (Å²) >= 11 is 0. The third-order valence-corrected chi connectivity index (χ3v) is 3.02. The van der Waals surface area contributed by atoms with Crippen LogP contribution in [0, 0.1) is 5.92 Å². The number of hydrogen-bond acceptors (Lipinski definition) is 2. The molecule has 2 bridgehead atoms. The van der Waals surface area contributed by atoms with Crippen molar-refractivity contribution in [3.63, 3.8) is 0 Å². The van der Waals surface area contributed by atoms with Crippen LogP contribution < -0.4 is 5.73 Å². The van der Waals surface area contributed by atoms with Gasteiger partial charge in [-0.2, -0.15) is 0 Å². The number of hydrogen-bond donors (Lipinski definition) is 1. The molecule has 3 aliphatic rings. The molecule has 66 valence electrons. The zero-order valence-corrected chi connectivity index (χ0v) is 7.65. The van der Waals surface area contributed by atoms with Crippen LogP contribution in [-0.4, -0.2) is 30.6 Å². The first-order chi connectivity index (χ1) is 4.86. The number of fused-ring (bicyclic) bond motifs is 4. The molecule has 0 aromatic heterocycles. The Morgan fingerprint density at radius 3 is 2.18 bits per heavy atom. The summed E-state index contributed by atoms with van der Waals surface area (Å²) < 4.78 is 0. The Hall–Kier alpha value is 0.210. The third kappa shape index (κ3) is 1.86. The second-order valence-electron chi connectivity index (χ2n) is 3.63. The number of nitrogens with two attached hydrogens (primary N) is 1. The van der Waals surface area contributed by atoms with Crippen LogP contribution >= 0.6 is 12.4 Å². The highest BCUT2D eigenvalue weighted by atomic mass is 35.5. The van der Waals surface area contributed by atoms with Crippen LogP contribution in [0.25, 0.3) is 0 Å². The molecule has 3 heteroatoms. The lowest BCUT2D eigenvalue weighted by Gasteiger charge is -2.27. The largest absolute Gasteiger partial charge is 0.327 e. The van der Waals surface area contributed by atoms with E-state index in [0.717, 1.165) is 5.92 Å². The molecule has 0 aromatic carbocycles. The second-order valence-corrected chi connectivity index (χ2v) is 3.63. The van der Waals surface area contributed by atoms with Crippen LogP contribution in [0.5, 0.6) is 0 Å². The smallest absolute Gasteiger partial charge is 0.00802 e. The number of piperidine rings is 1. The Bertz CT molecular complexity index is 121. The van der Waals surface area contributed by atoms with E-state index in [2.05, 4.69) is 4.90 Å². The molecule has 11 heavy (non-hydrogen) atoms. The normalized spacial score (nSPS) is 42.8. The van der Waals surface area contributed by atoms with Gasteiger partial charge in [0.15, 0.2) is 0 Å². The molecule has 0 radical (unpaired) electrons. The van der Waals surface area contributed by atoms with Crippen molar-refractivity contribution in [1.82, 2.24) is 4.90 Å². The fourth-order valence-electron chi connectivity index (χ4n) is 2.17. The van der Waals surface area contributed by atoms with Gasteiger partial charge in [0.1, 0.15) is 0 Å². The molecule has 3 aliphatic heterocycles. The van der Waals surface area contributed by atoms with Crippen molar-refractivity contribution < 1.29 is 0 Å². The van der Waals surface area contributed by atoms with Gasteiger partial charge in [0.25, 0.3) is 0 Å². The summed E-state index contributed by atoms with van der Waals surface area (Å²) in [6.45, 7) is 3.86. The average molecular weight is 177 g/mol. The summed E-state index contributed by atoms with van der Waals surface area (Å²) in [4.78, 5) is 2.54. The minimum absolute atomic E-state index is 0. The highest BCUT2D eigenvalue weighted by molar-refractivity contribution is 5.85. The van der Waals surface area contributed by atoms with Gasteiger partial charge in [-0.3, -0.25) is 0 Å². The van der Waals surface area contributed by atoms with Crippen LogP contribution in [0.1, 0.15) is 19.3 Å². The fourth-order valence-corrected chi connectivity index (χ4v) is 2.17. The highest BCUT2D eigenvalue weighted by Crippen LogP contribution is 2.25. The number of nitrogens with zero attached hydrogens (tertiary/aromatic N) is 1. The van der Waals surface area contributed by atoms with Crippen molar-refractivity contribution in [3.8, 4) is 0 Å². The SMILES string of the molecule is Cl.NC1CCN2CCC1CC2. The van der Waals surface area contributed by atoms with E-state index in [1.165, 1.54) is 38.9 Å². The van der Waals surface area contributed by atoms with Crippen LogP contribution in [0.2, 0.25) is 0 Å². The number of halogens is 1. The van der Waals surface area contributed by atoms with Gasteiger partial charge in [0.05, 0.1) is 0 Å². The summed E-state index contributed by atoms with van der Waals surface area (Å²) in [5.41, 5.74) is 5.99. The molecule has 3 heterocycles. The molecule has 1 unspecified atom stereocenters. The second kappa shape index (κ2) is 3.74. The van der Waals surface area contributed by atoms with Gasteiger partial charge in [-0.05, 0) is 44.8 Å². The Balaban J connectivity index is 0.000000605. The predicted octanol–water partition coefficient (Wildman–Crippen LogP) is 0.851. The Labute approximate surface area is 74.5 Å². The van der Waals surface area contributed by atoms with E-state index in [-0.39, 0.29) is 12.4 Å². The first kappa shape index (κ1) is 9.30. The average Bonchev–Trinajstić information content (AvgIpc) is 2.24. The van der Waals surface area contributed by atoms with Gasteiger partial charge < -0.3 is 10.6 Å². The lowest BCUT2D eigenvalue weighted by molar-refractivity contribution is 0.220. The van der Waals surface area contributed by atoms with Crippen molar-refractivity contribution >= 4 is 12.4 Å². The summed E-state index contributed by atoms with van der Waals surface area (Å²) in [6, 6.07) is 0.507. The molecule has 1 atom stereocenters.